The summed E-state index contributed by atoms with van der Waals surface area (Å²) < 4.78 is 16.2. The van der Waals surface area contributed by atoms with Gasteiger partial charge in [0.05, 0.1) is 18.3 Å². The fraction of sp³-hybridized carbons (Fsp3) is 0.824. The van der Waals surface area contributed by atoms with E-state index in [1.165, 1.54) is 0 Å². The van der Waals surface area contributed by atoms with Crippen molar-refractivity contribution < 1.29 is 28.6 Å². The number of esters is 3. The highest BCUT2D eigenvalue weighted by Gasteiger charge is 2.60. The fourth-order valence-corrected chi connectivity index (χ4v) is 3.16. The van der Waals surface area contributed by atoms with Gasteiger partial charge in [-0.2, -0.15) is 0 Å². The fourth-order valence-electron chi connectivity index (χ4n) is 3.16. The molecule has 0 aromatic heterocycles. The van der Waals surface area contributed by atoms with E-state index in [2.05, 4.69) is 0 Å². The van der Waals surface area contributed by atoms with Crippen molar-refractivity contribution in [1.29, 1.82) is 0 Å². The van der Waals surface area contributed by atoms with Gasteiger partial charge in [-0.3, -0.25) is 14.4 Å². The maximum absolute atomic E-state index is 12.1. The van der Waals surface area contributed by atoms with Gasteiger partial charge in [0, 0.05) is 6.42 Å². The molecule has 130 valence electrons. The molecule has 0 spiro atoms. The van der Waals surface area contributed by atoms with Crippen molar-refractivity contribution in [3.8, 4) is 0 Å². The lowest BCUT2D eigenvalue weighted by Gasteiger charge is -2.43. The summed E-state index contributed by atoms with van der Waals surface area (Å²) in [5.74, 6) is -1.19. The smallest absolute Gasteiger partial charge is 0.309 e. The van der Waals surface area contributed by atoms with Crippen molar-refractivity contribution in [2.75, 3.05) is 6.61 Å². The number of carbonyl (C=O) groups excluding carboxylic acids is 3. The number of ether oxygens (including phenoxy) is 3. The van der Waals surface area contributed by atoms with Crippen LogP contribution in [-0.2, 0) is 28.6 Å². The zero-order chi connectivity index (χ0) is 17.3. The zero-order valence-corrected chi connectivity index (χ0v) is 14.3. The molecular weight excluding hydrogens is 300 g/mol. The van der Waals surface area contributed by atoms with Gasteiger partial charge in [-0.1, -0.05) is 13.8 Å². The normalized spacial score (nSPS) is 33.7. The standard InChI is InChI=1S/C17H26O6/c1-5-11(2)14(19)21-9-7-13(18)22-16(3)8-6-12-10-17(16,4)23-15(12)20/h11-12H,5-10H2,1-4H3. The molecule has 0 aromatic carbocycles. The molecule has 0 amide bonds. The van der Waals surface area contributed by atoms with Gasteiger partial charge < -0.3 is 14.2 Å². The molecule has 1 saturated carbocycles. The SMILES string of the molecule is CCC(C)C(=O)OCCC(=O)OC1(C)CCC2CC1(C)OC2=O. The van der Waals surface area contributed by atoms with Crippen molar-refractivity contribution in [2.24, 2.45) is 11.8 Å². The zero-order valence-electron chi connectivity index (χ0n) is 14.3. The van der Waals surface area contributed by atoms with Crippen LogP contribution in [0, 0.1) is 11.8 Å². The molecule has 0 aromatic rings. The highest BCUT2D eigenvalue weighted by atomic mass is 16.6. The molecule has 23 heavy (non-hydrogen) atoms. The Kier molecular flexibility index (Phi) is 5.01. The highest BCUT2D eigenvalue weighted by molar-refractivity contribution is 5.77. The van der Waals surface area contributed by atoms with Gasteiger partial charge in [-0.05, 0) is 33.1 Å². The molecule has 4 atom stereocenters. The van der Waals surface area contributed by atoms with Crippen LogP contribution in [0.25, 0.3) is 0 Å². The van der Waals surface area contributed by atoms with Crippen molar-refractivity contribution >= 4 is 17.9 Å². The van der Waals surface area contributed by atoms with Crippen molar-refractivity contribution in [3.05, 3.63) is 0 Å². The van der Waals surface area contributed by atoms with E-state index in [-0.39, 0.29) is 36.8 Å². The van der Waals surface area contributed by atoms with Crippen LogP contribution in [0.5, 0.6) is 0 Å². The van der Waals surface area contributed by atoms with Crippen molar-refractivity contribution in [3.63, 3.8) is 0 Å². The minimum atomic E-state index is -0.826. The second-order valence-corrected chi connectivity index (χ2v) is 7.02. The van der Waals surface area contributed by atoms with Crippen LogP contribution in [-0.4, -0.2) is 35.7 Å². The first-order valence-corrected chi connectivity index (χ1v) is 8.32. The molecule has 4 unspecified atom stereocenters. The lowest BCUT2D eigenvalue weighted by Crippen LogP contribution is -2.54. The van der Waals surface area contributed by atoms with E-state index < -0.39 is 17.2 Å². The van der Waals surface area contributed by atoms with Crippen LogP contribution in [0.15, 0.2) is 0 Å². The molecule has 2 bridgehead atoms. The van der Waals surface area contributed by atoms with Gasteiger partial charge in [0.15, 0.2) is 0 Å². The Morgan fingerprint density at radius 3 is 2.74 bits per heavy atom. The van der Waals surface area contributed by atoms with Gasteiger partial charge in [0.1, 0.15) is 17.8 Å². The first kappa shape index (κ1) is 17.8. The highest BCUT2D eigenvalue weighted by Crippen LogP contribution is 2.50. The molecule has 1 heterocycles. The Morgan fingerprint density at radius 2 is 2.09 bits per heavy atom. The lowest BCUT2D eigenvalue weighted by atomic mass is 9.71. The summed E-state index contributed by atoms with van der Waals surface area (Å²) in [7, 11) is 0. The van der Waals surface area contributed by atoms with Gasteiger partial charge in [0.25, 0.3) is 0 Å². The minimum absolute atomic E-state index is 0.00518. The van der Waals surface area contributed by atoms with Crippen LogP contribution >= 0.6 is 0 Å². The number of carbonyl (C=O) groups is 3. The number of rotatable bonds is 6. The quantitative estimate of drug-likeness (QED) is 0.551. The van der Waals surface area contributed by atoms with Crippen LogP contribution in [0.1, 0.15) is 59.8 Å². The van der Waals surface area contributed by atoms with Crippen LogP contribution in [0.4, 0.5) is 0 Å². The molecule has 1 saturated heterocycles. The van der Waals surface area contributed by atoms with Crippen molar-refractivity contribution in [1.82, 2.24) is 0 Å². The molecule has 2 rings (SSSR count). The summed E-state index contributed by atoms with van der Waals surface area (Å²) in [6.07, 6.45) is 2.55. The molecule has 1 aliphatic heterocycles. The second kappa shape index (κ2) is 6.49. The Hall–Kier alpha value is -1.59. The number of hydrogen-bond donors (Lipinski definition) is 0. The van der Waals surface area contributed by atoms with Crippen LogP contribution in [0.3, 0.4) is 0 Å². The molecule has 6 heteroatoms. The molecule has 0 N–H and O–H groups in total. The summed E-state index contributed by atoms with van der Waals surface area (Å²) in [5.41, 5.74) is -1.59. The Balaban J connectivity index is 1.85. The number of fused-ring (bicyclic) bond motifs is 2. The monoisotopic (exact) mass is 326 g/mol. The molecule has 1 aliphatic carbocycles. The summed E-state index contributed by atoms with van der Waals surface area (Å²) in [5, 5.41) is 0. The van der Waals surface area contributed by atoms with E-state index in [0.29, 0.717) is 25.7 Å². The number of hydrogen-bond acceptors (Lipinski definition) is 6. The van der Waals surface area contributed by atoms with E-state index >= 15 is 0 Å². The van der Waals surface area contributed by atoms with Crippen LogP contribution in [0.2, 0.25) is 0 Å². The maximum atomic E-state index is 12.1. The van der Waals surface area contributed by atoms with E-state index in [0.717, 1.165) is 0 Å². The minimum Gasteiger partial charge on any atom is -0.465 e. The summed E-state index contributed by atoms with van der Waals surface area (Å²) in [6, 6.07) is 0. The third-order valence-corrected chi connectivity index (χ3v) is 5.29. The van der Waals surface area contributed by atoms with Crippen molar-refractivity contribution in [2.45, 2.75) is 71.0 Å². The predicted molar refractivity (Wildman–Crippen MR) is 81.4 cm³/mol. The molecule has 2 fully saturated rings. The lowest BCUT2D eigenvalue weighted by molar-refractivity contribution is -0.198. The van der Waals surface area contributed by atoms with E-state index in [4.69, 9.17) is 14.2 Å². The average molecular weight is 326 g/mol. The first-order chi connectivity index (χ1) is 10.7. The Labute approximate surface area is 136 Å². The molecular formula is C17H26O6. The predicted octanol–water partition coefficient (Wildman–Crippen LogP) is 2.38. The first-order valence-electron chi connectivity index (χ1n) is 8.32. The van der Waals surface area contributed by atoms with Gasteiger partial charge in [0.2, 0.25) is 0 Å². The average Bonchev–Trinajstić information content (AvgIpc) is 2.75. The maximum Gasteiger partial charge on any atom is 0.309 e. The van der Waals surface area contributed by atoms with Gasteiger partial charge in [-0.25, -0.2) is 0 Å². The van der Waals surface area contributed by atoms with Gasteiger partial charge >= 0.3 is 17.9 Å². The second-order valence-electron chi connectivity index (χ2n) is 7.02. The van der Waals surface area contributed by atoms with Gasteiger partial charge in [-0.15, -0.1) is 0 Å². The molecule has 2 aliphatic rings. The summed E-state index contributed by atoms with van der Waals surface area (Å²) in [6.45, 7) is 7.33. The van der Waals surface area contributed by atoms with E-state index in [1.54, 1.807) is 6.92 Å². The molecule has 0 radical (unpaired) electrons. The summed E-state index contributed by atoms with van der Waals surface area (Å²) >= 11 is 0. The Morgan fingerprint density at radius 1 is 1.39 bits per heavy atom. The third-order valence-electron chi connectivity index (χ3n) is 5.29. The van der Waals surface area contributed by atoms with Crippen LogP contribution < -0.4 is 0 Å². The van der Waals surface area contributed by atoms with E-state index in [9.17, 15) is 14.4 Å². The van der Waals surface area contributed by atoms with E-state index in [1.807, 2.05) is 20.8 Å². The topological polar surface area (TPSA) is 78.9 Å². The summed E-state index contributed by atoms with van der Waals surface area (Å²) in [4.78, 5) is 35.4. The third kappa shape index (κ3) is 3.51. The molecule has 6 nitrogen and oxygen atoms in total. The Bertz CT molecular complexity index is 501. The largest absolute Gasteiger partial charge is 0.465 e.